The molecular formula is C19H24N4O2. The van der Waals surface area contributed by atoms with Crippen LogP contribution in [0.15, 0.2) is 36.4 Å². The summed E-state index contributed by atoms with van der Waals surface area (Å²) in [5.74, 6) is -0.146. The smallest absolute Gasteiger partial charge is 0.245 e. The second kappa shape index (κ2) is 7.51. The van der Waals surface area contributed by atoms with Crippen molar-refractivity contribution in [1.29, 1.82) is 0 Å². The molecule has 0 aliphatic carbocycles. The molecule has 6 heteroatoms. The minimum Gasteiger partial charge on any atom is -0.345 e. The Bertz CT molecular complexity index is 754. The quantitative estimate of drug-likeness (QED) is 0.901. The molecule has 25 heavy (non-hydrogen) atoms. The Labute approximate surface area is 147 Å². The number of benzene rings is 1. The highest BCUT2D eigenvalue weighted by atomic mass is 16.2. The maximum absolute atomic E-state index is 12.5. The van der Waals surface area contributed by atoms with E-state index in [1.54, 1.807) is 18.7 Å². The van der Waals surface area contributed by atoms with Crippen molar-refractivity contribution in [2.45, 2.75) is 45.8 Å². The van der Waals surface area contributed by atoms with Crippen molar-refractivity contribution in [3.8, 4) is 0 Å². The van der Waals surface area contributed by atoms with Crippen LogP contribution in [0.2, 0.25) is 0 Å². The van der Waals surface area contributed by atoms with Crippen molar-refractivity contribution >= 4 is 11.8 Å². The highest BCUT2D eigenvalue weighted by Crippen LogP contribution is 2.17. The summed E-state index contributed by atoms with van der Waals surface area (Å²) < 4.78 is 1.98. The summed E-state index contributed by atoms with van der Waals surface area (Å²) in [6.07, 6.45) is 1.17. The van der Waals surface area contributed by atoms with Gasteiger partial charge in [-0.05, 0) is 18.6 Å². The summed E-state index contributed by atoms with van der Waals surface area (Å²) in [4.78, 5) is 25.8. The second-order valence-electron chi connectivity index (χ2n) is 6.42. The Morgan fingerprint density at radius 1 is 1.24 bits per heavy atom. The normalized spacial score (nSPS) is 14.7. The van der Waals surface area contributed by atoms with E-state index in [4.69, 9.17) is 0 Å². The van der Waals surface area contributed by atoms with Crippen LogP contribution in [0, 0.1) is 0 Å². The zero-order valence-electron chi connectivity index (χ0n) is 14.7. The first kappa shape index (κ1) is 17.2. The van der Waals surface area contributed by atoms with Crippen molar-refractivity contribution in [3.05, 3.63) is 53.3 Å². The molecule has 1 aromatic heterocycles. The number of hydrogen-bond acceptors (Lipinski definition) is 3. The van der Waals surface area contributed by atoms with Crippen LogP contribution in [-0.2, 0) is 29.1 Å². The molecule has 1 N–H and O–H groups in total. The number of nitrogens with one attached hydrogen (secondary N) is 1. The lowest BCUT2D eigenvalue weighted by Crippen LogP contribution is -2.49. The molecule has 0 unspecified atom stereocenters. The van der Waals surface area contributed by atoms with Gasteiger partial charge in [0.05, 0.1) is 24.5 Å². The van der Waals surface area contributed by atoms with Gasteiger partial charge >= 0.3 is 0 Å². The number of carbonyl (C=O) groups excluding carboxylic acids is 2. The average Bonchev–Trinajstić information content (AvgIpc) is 3.02. The summed E-state index contributed by atoms with van der Waals surface area (Å²) >= 11 is 0. The highest BCUT2D eigenvalue weighted by Gasteiger charge is 2.26. The predicted octanol–water partition coefficient (Wildman–Crippen LogP) is 1.73. The van der Waals surface area contributed by atoms with Gasteiger partial charge in [0, 0.05) is 19.4 Å². The van der Waals surface area contributed by atoms with E-state index in [0.29, 0.717) is 26.1 Å². The molecule has 0 fully saturated rings. The van der Waals surface area contributed by atoms with E-state index in [0.717, 1.165) is 17.8 Å². The SMILES string of the molecule is CCC(=O)N[C@@H](C)C(=O)N1CCn2nc(Cc3ccccc3)cc2C1. The molecule has 2 aromatic rings. The first-order chi connectivity index (χ1) is 12.1. The van der Waals surface area contributed by atoms with Crippen molar-refractivity contribution in [1.82, 2.24) is 20.0 Å². The number of hydrogen-bond donors (Lipinski definition) is 1. The van der Waals surface area contributed by atoms with Gasteiger partial charge in [0.15, 0.2) is 0 Å². The van der Waals surface area contributed by atoms with E-state index >= 15 is 0 Å². The average molecular weight is 340 g/mol. The third-order valence-electron chi connectivity index (χ3n) is 4.46. The predicted molar refractivity (Wildman–Crippen MR) is 94.8 cm³/mol. The molecule has 0 saturated heterocycles. The molecule has 2 amide bonds. The molecule has 3 rings (SSSR count). The highest BCUT2D eigenvalue weighted by molar-refractivity contribution is 5.87. The number of carbonyl (C=O) groups is 2. The fourth-order valence-corrected chi connectivity index (χ4v) is 3.08. The zero-order chi connectivity index (χ0) is 17.8. The van der Waals surface area contributed by atoms with Gasteiger partial charge in [0.1, 0.15) is 6.04 Å². The molecular weight excluding hydrogens is 316 g/mol. The first-order valence-corrected chi connectivity index (χ1v) is 8.74. The van der Waals surface area contributed by atoms with Gasteiger partial charge in [-0.3, -0.25) is 14.3 Å². The van der Waals surface area contributed by atoms with E-state index in [9.17, 15) is 9.59 Å². The maximum atomic E-state index is 12.5. The Morgan fingerprint density at radius 3 is 2.72 bits per heavy atom. The standard InChI is InChI=1S/C19H24N4O2/c1-3-18(24)20-14(2)19(25)22-9-10-23-17(13-22)12-16(21-23)11-15-7-5-4-6-8-15/h4-8,12,14H,3,9-11,13H2,1-2H3,(H,20,24)/t14-/m0/s1. The zero-order valence-corrected chi connectivity index (χ0v) is 14.7. The van der Waals surface area contributed by atoms with Crippen LogP contribution in [0.25, 0.3) is 0 Å². The Morgan fingerprint density at radius 2 is 2.00 bits per heavy atom. The third kappa shape index (κ3) is 4.07. The van der Waals surface area contributed by atoms with E-state index in [1.807, 2.05) is 22.9 Å². The Hall–Kier alpha value is -2.63. The largest absolute Gasteiger partial charge is 0.345 e. The van der Waals surface area contributed by atoms with Crippen LogP contribution in [0.5, 0.6) is 0 Å². The van der Waals surface area contributed by atoms with Gasteiger partial charge in [0.2, 0.25) is 11.8 Å². The fraction of sp³-hybridized carbons (Fsp3) is 0.421. The summed E-state index contributed by atoms with van der Waals surface area (Å²) in [7, 11) is 0. The third-order valence-corrected chi connectivity index (χ3v) is 4.46. The molecule has 6 nitrogen and oxygen atoms in total. The van der Waals surface area contributed by atoms with Crippen LogP contribution in [0.3, 0.4) is 0 Å². The molecule has 132 valence electrons. The second-order valence-corrected chi connectivity index (χ2v) is 6.42. The van der Waals surface area contributed by atoms with E-state index < -0.39 is 6.04 Å². The van der Waals surface area contributed by atoms with Crippen molar-refractivity contribution in [2.24, 2.45) is 0 Å². The summed E-state index contributed by atoms with van der Waals surface area (Å²) in [5.41, 5.74) is 3.28. The number of aromatic nitrogens is 2. The van der Waals surface area contributed by atoms with E-state index in [1.165, 1.54) is 5.56 Å². The molecule has 0 bridgehead atoms. The molecule has 2 heterocycles. The summed E-state index contributed by atoms with van der Waals surface area (Å²) in [6, 6.07) is 11.8. The van der Waals surface area contributed by atoms with Crippen LogP contribution < -0.4 is 5.32 Å². The first-order valence-electron chi connectivity index (χ1n) is 8.74. The maximum Gasteiger partial charge on any atom is 0.245 e. The van der Waals surface area contributed by atoms with Crippen LogP contribution in [-0.4, -0.2) is 39.1 Å². The van der Waals surface area contributed by atoms with Crippen molar-refractivity contribution in [2.75, 3.05) is 6.54 Å². The molecule has 0 saturated carbocycles. The molecule has 1 aromatic carbocycles. The fourth-order valence-electron chi connectivity index (χ4n) is 3.08. The summed E-state index contributed by atoms with van der Waals surface area (Å²) in [6.45, 7) is 5.35. The topological polar surface area (TPSA) is 67.2 Å². The number of rotatable bonds is 5. The molecule has 0 radical (unpaired) electrons. The minimum absolute atomic E-state index is 0.0427. The van der Waals surface area contributed by atoms with Crippen LogP contribution >= 0.6 is 0 Å². The van der Waals surface area contributed by atoms with Gasteiger partial charge < -0.3 is 10.2 Å². The summed E-state index contributed by atoms with van der Waals surface area (Å²) in [5, 5.41) is 7.39. The molecule has 1 aliphatic rings. The number of nitrogens with zero attached hydrogens (tertiary/aromatic N) is 3. The lowest BCUT2D eigenvalue weighted by atomic mass is 10.1. The van der Waals surface area contributed by atoms with Gasteiger partial charge in [-0.2, -0.15) is 5.10 Å². The van der Waals surface area contributed by atoms with Crippen LogP contribution in [0.1, 0.15) is 37.2 Å². The lowest BCUT2D eigenvalue weighted by molar-refractivity contribution is -0.137. The van der Waals surface area contributed by atoms with Gasteiger partial charge in [0.25, 0.3) is 0 Å². The van der Waals surface area contributed by atoms with Crippen molar-refractivity contribution < 1.29 is 9.59 Å². The number of amides is 2. The molecule has 1 atom stereocenters. The minimum atomic E-state index is -0.495. The monoisotopic (exact) mass is 340 g/mol. The van der Waals surface area contributed by atoms with E-state index in [2.05, 4.69) is 28.6 Å². The van der Waals surface area contributed by atoms with Gasteiger partial charge in [-0.1, -0.05) is 37.3 Å². The van der Waals surface area contributed by atoms with E-state index in [-0.39, 0.29) is 11.8 Å². The lowest BCUT2D eigenvalue weighted by Gasteiger charge is -2.30. The Balaban J connectivity index is 1.65. The van der Waals surface area contributed by atoms with Crippen molar-refractivity contribution in [3.63, 3.8) is 0 Å². The van der Waals surface area contributed by atoms with Gasteiger partial charge in [-0.25, -0.2) is 0 Å². The Kier molecular flexibility index (Phi) is 5.16. The van der Waals surface area contributed by atoms with Crippen LogP contribution in [0.4, 0.5) is 0 Å². The molecule has 1 aliphatic heterocycles. The molecule has 0 spiro atoms. The van der Waals surface area contributed by atoms with Gasteiger partial charge in [-0.15, -0.1) is 0 Å². The number of fused-ring (bicyclic) bond motifs is 1.